The number of aliphatic hydroxyl groups is 1. The largest absolute Gasteiger partial charge is 0.396 e. The first kappa shape index (κ1) is 12.3. The quantitative estimate of drug-likeness (QED) is 0.907. The molecule has 0 spiro atoms. The smallest absolute Gasteiger partial charge is 0.268 e. The lowest BCUT2D eigenvalue weighted by atomic mass is 10.0. The van der Waals surface area contributed by atoms with Crippen molar-refractivity contribution >= 4 is 21.6 Å². The molecular formula is C13H17NO2S. The zero-order valence-electron chi connectivity index (χ0n) is 10.1. The topological polar surface area (TPSA) is 42.2 Å². The van der Waals surface area contributed by atoms with Crippen LogP contribution in [0.25, 0.3) is 10.1 Å². The lowest BCUT2D eigenvalue weighted by Crippen LogP contribution is -2.24. The van der Waals surface area contributed by atoms with E-state index in [0.29, 0.717) is 12.3 Å². The molecule has 0 bridgehead atoms. The second kappa shape index (κ2) is 5.02. The Hall–Kier alpha value is -1.13. The average Bonchev–Trinajstić information content (AvgIpc) is 2.64. The van der Waals surface area contributed by atoms with Crippen LogP contribution in [0.5, 0.6) is 0 Å². The van der Waals surface area contributed by atoms with Crippen LogP contribution in [0.4, 0.5) is 0 Å². The van der Waals surface area contributed by atoms with Crippen LogP contribution in [0.3, 0.4) is 0 Å². The van der Waals surface area contributed by atoms with Gasteiger partial charge in [-0.25, -0.2) is 0 Å². The van der Waals surface area contributed by atoms with Gasteiger partial charge in [0.25, 0.3) is 5.56 Å². The molecule has 0 amide bonds. The highest BCUT2D eigenvalue weighted by Crippen LogP contribution is 2.26. The molecule has 1 aromatic carbocycles. The first-order valence-electron chi connectivity index (χ1n) is 5.86. The molecule has 1 unspecified atom stereocenters. The number of hydrogen-bond acceptors (Lipinski definition) is 3. The van der Waals surface area contributed by atoms with Gasteiger partial charge < -0.3 is 5.11 Å². The molecule has 92 valence electrons. The maximum Gasteiger partial charge on any atom is 0.268 e. The van der Waals surface area contributed by atoms with E-state index in [0.717, 1.165) is 10.1 Å². The van der Waals surface area contributed by atoms with Crippen LogP contribution in [-0.2, 0) is 0 Å². The molecular weight excluding hydrogens is 234 g/mol. The van der Waals surface area contributed by atoms with E-state index in [9.17, 15) is 4.79 Å². The Kier molecular flexibility index (Phi) is 3.64. The third-order valence-corrected chi connectivity index (χ3v) is 4.20. The molecule has 0 aliphatic carbocycles. The lowest BCUT2D eigenvalue weighted by Gasteiger charge is -2.19. The maximum atomic E-state index is 12.2. The molecule has 0 radical (unpaired) electrons. The van der Waals surface area contributed by atoms with E-state index >= 15 is 0 Å². The van der Waals surface area contributed by atoms with Crippen LogP contribution in [-0.4, -0.2) is 15.7 Å². The zero-order valence-corrected chi connectivity index (χ0v) is 10.9. The van der Waals surface area contributed by atoms with Crippen LogP contribution >= 0.6 is 11.5 Å². The van der Waals surface area contributed by atoms with Gasteiger partial charge in [0.15, 0.2) is 0 Å². The minimum atomic E-state index is 0.0674. The van der Waals surface area contributed by atoms with Gasteiger partial charge in [0, 0.05) is 6.61 Å². The SMILES string of the molecule is CC(C)C(CCO)n1sc2ccccc2c1=O. The van der Waals surface area contributed by atoms with Gasteiger partial charge in [-0.3, -0.25) is 8.75 Å². The van der Waals surface area contributed by atoms with Crippen molar-refractivity contribution in [2.75, 3.05) is 6.61 Å². The summed E-state index contributed by atoms with van der Waals surface area (Å²) in [4.78, 5) is 12.2. The van der Waals surface area contributed by atoms with Crippen molar-refractivity contribution in [2.24, 2.45) is 5.92 Å². The number of benzene rings is 1. The van der Waals surface area contributed by atoms with Crippen LogP contribution in [0.1, 0.15) is 26.3 Å². The number of fused-ring (bicyclic) bond motifs is 1. The summed E-state index contributed by atoms with van der Waals surface area (Å²) in [6.07, 6.45) is 0.629. The van der Waals surface area contributed by atoms with Crippen molar-refractivity contribution in [3.63, 3.8) is 0 Å². The molecule has 1 aromatic heterocycles. The van der Waals surface area contributed by atoms with Crippen LogP contribution in [0.2, 0.25) is 0 Å². The summed E-state index contributed by atoms with van der Waals surface area (Å²) >= 11 is 1.49. The summed E-state index contributed by atoms with van der Waals surface area (Å²) in [5.74, 6) is 0.341. The molecule has 4 heteroatoms. The first-order valence-corrected chi connectivity index (χ1v) is 6.64. The van der Waals surface area contributed by atoms with Gasteiger partial charge in [0.2, 0.25) is 0 Å². The highest BCUT2D eigenvalue weighted by Gasteiger charge is 2.19. The van der Waals surface area contributed by atoms with E-state index in [4.69, 9.17) is 5.11 Å². The number of rotatable bonds is 4. The molecule has 2 aromatic rings. The Labute approximate surface area is 104 Å². The number of aliphatic hydroxyl groups excluding tert-OH is 1. The number of nitrogens with zero attached hydrogens (tertiary/aromatic N) is 1. The second-order valence-corrected chi connectivity index (χ2v) is 5.56. The number of aromatic nitrogens is 1. The molecule has 2 rings (SSSR count). The minimum Gasteiger partial charge on any atom is -0.396 e. The summed E-state index contributed by atoms with van der Waals surface area (Å²) in [5.41, 5.74) is 0.0674. The van der Waals surface area contributed by atoms with Gasteiger partial charge in [-0.2, -0.15) is 0 Å². The Bertz CT molecular complexity index is 556. The maximum absolute atomic E-state index is 12.2. The standard InChI is InChI=1S/C13H17NO2S/c1-9(2)11(7-8-15)14-13(16)10-5-3-4-6-12(10)17-14/h3-6,9,11,15H,7-8H2,1-2H3. The highest BCUT2D eigenvalue weighted by atomic mass is 32.1. The van der Waals surface area contributed by atoms with E-state index in [1.54, 1.807) is 0 Å². The minimum absolute atomic E-state index is 0.0674. The van der Waals surface area contributed by atoms with Gasteiger partial charge in [-0.1, -0.05) is 37.5 Å². The van der Waals surface area contributed by atoms with Crippen molar-refractivity contribution in [2.45, 2.75) is 26.3 Å². The molecule has 3 nitrogen and oxygen atoms in total. The van der Waals surface area contributed by atoms with E-state index in [-0.39, 0.29) is 18.2 Å². The van der Waals surface area contributed by atoms with Gasteiger partial charge in [0.1, 0.15) is 0 Å². The molecule has 0 fully saturated rings. The third kappa shape index (κ3) is 2.28. The fraction of sp³-hybridized carbons (Fsp3) is 0.462. The van der Waals surface area contributed by atoms with Crippen LogP contribution in [0.15, 0.2) is 29.1 Å². The van der Waals surface area contributed by atoms with Crippen molar-refractivity contribution < 1.29 is 5.11 Å². The van der Waals surface area contributed by atoms with E-state index in [1.165, 1.54) is 11.5 Å². The van der Waals surface area contributed by atoms with Crippen molar-refractivity contribution in [3.05, 3.63) is 34.6 Å². The third-order valence-electron chi connectivity index (χ3n) is 3.01. The van der Waals surface area contributed by atoms with E-state index in [1.807, 2.05) is 28.2 Å². The van der Waals surface area contributed by atoms with Crippen molar-refractivity contribution in [1.82, 2.24) is 3.96 Å². The van der Waals surface area contributed by atoms with Gasteiger partial charge in [-0.15, -0.1) is 0 Å². The molecule has 0 saturated carbocycles. The predicted molar refractivity (Wildman–Crippen MR) is 71.7 cm³/mol. The van der Waals surface area contributed by atoms with Crippen LogP contribution in [0, 0.1) is 5.92 Å². The Morgan fingerprint density at radius 3 is 2.65 bits per heavy atom. The molecule has 17 heavy (non-hydrogen) atoms. The molecule has 0 aliphatic rings. The van der Waals surface area contributed by atoms with Gasteiger partial charge in [-0.05, 0) is 24.5 Å². The molecule has 1 N–H and O–H groups in total. The second-order valence-electron chi connectivity index (χ2n) is 4.54. The monoisotopic (exact) mass is 251 g/mol. The first-order chi connectivity index (χ1) is 8.15. The molecule has 1 atom stereocenters. The molecule has 1 heterocycles. The van der Waals surface area contributed by atoms with Crippen LogP contribution < -0.4 is 5.56 Å². The van der Waals surface area contributed by atoms with E-state index < -0.39 is 0 Å². The predicted octanol–water partition coefficient (Wildman–Crippen LogP) is 2.64. The average molecular weight is 251 g/mol. The lowest BCUT2D eigenvalue weighted by molar-refractivity contribution is 0.237. The summed E-state index contributed by atoms with van der Waals surface area (Å²) in [6.45, 7) is 4.28. The summed E-state index contributed by atoms with van der Waals surface area (Å²) < 4.78 is 2.83. The fourth-order valence-corrected chi connectivity index (χ4v) is 3.33. The summed E-state index contributed by atoms with van der Waals surface area (Å²) in [7, 11) is 0. The van der Waals surface area contributed by atoms with Gasteiger partial charge in [0.05, 0.1) is 16.1 Å². The highest BCUT2D eigenvalue weighted by molar-refractivity contribution is 7.13. The normalized spacial score (nSPS) is 13.4. The number of hydrogen-bond donors (Lipinski definition) is 1. The zero-order chi connectivity index (χ0) is 12.4. The van der Waals surface area contributed by atoms with Gasteiger partial charge >= 0.3 is 0 Å². The van der Waals surface area contributed by atoms with Crippen molar-refractivity contribution in [3.8, 4) is 0 Å². The van der Waals surface area contributed by atoms with E-state index in [2.05, 4.69) is 13.8 Å². The Morgan fingerprint density at radius 2 is 2.06 bits per heavy atom. The molecule has 0 saturated heterocycles. The Morgan fingerprint density at radius 1 is 1.35 bits per heavy atom. The summed E-state index contributed by atoms with van der Waals surface area (Å²) in [6, 6.07) is 7.75. The molecule has 0 aliphatic heterocycles. The van der Waals surface area contributed by atoms with Crippen molar-refractivity contribution in [1.29, 1.82) is 0 Å². The Balaban J connectivity index is 2.54. The fourth-order valence-electron chi connectivity index (χ4n) is 2.06. The summed E-state index contributed by atoms with van der Waals surface area (Å²) in [5, 5.41) is 9.88.